The predicted octanol–water partition coefficient (Wildman–Crippen LogP) is 5.50. The smallest absolute Gasteiger partial charge is 0.307 e. The zero-order chi connectivity index (χ0) is 24.3. The van der Waals surface area contributed by atoms with E-state index in [4.69, 9.17) is 20.6 Å². The number of nitrogens with zero attached hydrogens (tertiary/aromatic N) is 3. The molecule has 8 nitrogen and oxygen atoms in total. The summed E-state index contributed by atoms with van der Waals surface area (Å²) in [5, 5.41) is 13.1. The minimum atomic E-state index is -0.967. The van der Waals surface area contributed by atoms with Gasteiger partial charge in [0.2, 0.25) is 17.8 Å². The summed E-state index contributed by atoms with van der Waals surface area (Å²) in [6.45, 7) is 8.73. The van der Waals surface area contributed by atoms with Crippen LogP contribution >= 0.6 is 0 Å². The molecular weight excluding hydrogens is 434 g/mol. The van der Waals surface area contributed by atoms with E-state index in [0.717, 1.165) is 18.4 Å². The first-order chi connectivity index (χ1) is 16.5. The van der Waals surface area contributed by atoms with Crippen LogP contribution < -0.4 is 9.47 Å². The molecule has 1 fully saturated rings. The van der Waals surface area contributed by atoms with E-state index in [1.54, 1.807) is 19.1 Å². The Bertz CT molecular complexity index is 1120. The summed E-state index contributed by atoms with van der Waals surface area (Å²) in [7, 11) is 1.52. The van der Waals surface area contributed by atoms with E-state index in [1.807, 2.05) is 30.3 Å². The number of rotatable bonds is 7. The van der Waals surface area contributed by atoms with Gasteiger partial charge in [-0.25, -0.2) is 6.57 Å². The van der Waals surface area contributed by atoms with Crippen LogP contribution in [0.3, 0.4) is 0 Å². The Hall–Kier alpha value is -3.86. The fourth-order valence-corrected chi connectivity index (χ4v) is 3.75. The van der Waals surface area contributed by atoms with Crippen molar-refractivity contribution < 1.29 is 23.9 Å². The van der Waals surface area contributed by atoms with Gasteiger partial charge in [-0.3, -0.25) is 4.79 Å². The third-order valence-electron chi connectivity index (χ3n) is 5.49. The average molecular weight is 464 g/mol. The molecular formula is C26H29N3O5. The Kier molecular flexibility index (Phi) is 9.04. The molecule has 1 N–H and O–H groups in total. The van der Waals surface area contributed by atoms with Crippen molar-refractivity contribution in [2.24, 2.45) is 0 Å². The number of methoxy groups -OCH3 is 1. The summed E-state index contributed by atoms with van der Waals surface area (Å²) in [5.74, 6) is 0.658. The van der Waals surface area contributed by atoms with Gasteiger partial charge in [0.1, 0.15) is 6.61 Å². The van der Waals surface area contributed by atoms with Gasteiger partial charge in [0.15, 0.2) is 11.5 Å². The lowest BCUT2D eigenvalue weighted by Crippen LogP contribution is -2.06. The molecule has 0 atom stereocenters. The topological polar surface area (TPSA) is 99.0 Å². The highest BCUT2D eigenvalue weighted by Crippen LogP contribution is 2.35. The normalized spacial score (nSPS) is 13.3. The Morgan fingerprint density at radius 2 is 1.91 bits per heavy atom. The molecule has 2 aromatic carbocycles. The van der Waals surface area contributed by atoms with Gasteiger partial charge in [-0.2, -0.15) is 4.98 Å². The predicted molar refractivity (Wildman–Crippen MR) is 127 cm³/mol. The quantitative estimate of drug-likeness (QED) is 0.462. The van der Waals surface area contributed by atoms with E-state index < -0.39 is 5.97 Å². The Labute approximate surface area is 199 Å². The lowest BCUT2D eigenvalue weighted by atomic mass is 9.96. The van der Waals surface area contributed by atoms with Gasteiger partial charge in [0, 0.05) is 25.3 Å². The molecule has 0 aliphatic heterocycles. The van der Waals surface area contributed by atoms with Crippen LogP contribution in [-0.4, -0.2) is 34.4 Å². The molecule has 8 heteroatoms. The van der Waals surface area contributed by atoms with Crippen LogP contribution in [0.1, 0.15) is 49.1 Å². The van der Waals surface area contributed by atoms with Crippen molar-refractivity contribution in [3.05, 3.63) is 70.9 Å². The molecule has 0 saturated heterocycles. The summed E-state index contributed by atoms with van der Waals surface area (Å²) in [6, 6.07) is 13.4. The second kappa shape index (κ2) is 12.4. The zero-order valence-electron chi connectivity index (χ0n) is 19.5. The summed E-state index contributed by atoms with van der Waals surface area (Å²) in [5.41, 5.74) is 2.04. The Morgan fingerprint density at radius 3 is 2.47 bits per heavy atom. The van der Waals surface area contributed by atoms with Crippen molar-refractivity contribution in [2.45, 2.75) is 58.1 Å². The molecule has 1 saturated carbocycles. The lowest BCUT2D eigenvalue weighted by Gasteiger charge is -2.14. The Morgan fingerprint density at radius 1 is 1.18 bits per heavy atom. The van der Waals surface area contributed by atoms with Gasteiger partial charge in [0.25, 0.3) is 0 Å². The third-order valence-corrected chi connectivity index (χ3v) is 5.49. The fourth-order valence-electron chi connectivity index (χ4n) is 3.75. The van der Waals surface area contributed by atoms with Crippen molar-refractivity contribution in [1.29, 1.82) is 0 Å². The van der Waals surface area contributed by atoms with Crippen molar-refractivity contribution in [3.8, 4) is 22.9 Å². The van der Waals surface area contributed by atoms with Crippen LogP contribution in [-0.2, 0) is 17.8 Å². The first kappa shape index (κ1) is 24.8. The van der Waals surface area contributed by atoms with Crippen LogP contribution in [0.2, 0.25) is 0 Å². The Balaban J connectivity index is 0.000000343. The molecule has 1 aromatic heterocycles. The van der Waals surface area contributed by atoms with Gasteiger partial charge in [-0.15, -0.1) is 0 Å². The molecule has 1 aliphatic carbocycles. The number of hydrogen-bond acceptors (Lipinski definition) is 6. The van der Waals surface area contributed by atoms with Crippen LogP contribution in [0.5, 0.6) is 11.5 Å². The fraction of sp³-hybridized carbons (Fsp3) is 0.385. The van der Waals surface area contributed by atoms with Crippen molar-refractivity contribution in [3.63, 3.8) is 0 Å². The summed E-state index contributed by atoms with van der Waals surface area (Å²) >= 11 is 0. The molecule has 0 amide bonds. The third kappa shape index (κ3) is 7.07. The SMILES string of the molecule is COc1cc(-c2noc(C)n2)c(CC(=O)O)cc1OCc1ccccc1.[C-]#[N+]C1CCCCC1. The first-order valence-corrected chi connectivity index (χ1v) is 11.3. The lowest BCUT2D eigenvalue weighted by molar-refractivity contribution is -0.136. The molecule has 1 aliphatic rings. The number of ether oxygens (including phenoxy) is 2. The number of hydrogen-bond donors (Lipinski definition) is 1. The molecule has 0 bridgehead atoms. The van der Waals surface area contributed by atoms with Crippen LogP contribution in [0.15, 0.2) is 47.0 Å². The molecule has 0 spiro atoms. The van der Waals surface area contributed by atoms with Crippen LogP contribution in [0, 0.1) is 13.5 Å². The molecule has 34 heavy (non-hydrogen) atoms. The maximum atomic E-state index is 11.3. The van der Waals surface area contributed by atoms with Gasteiger partial charge in [-0.1, -0.05) is 41.9 Å². The number of carboxylic acid groups (broad SMARTS) is 1. The maximum absolute atomic E-state index is 11.3. The monoisotopic (exact) mass is 463 g/mol. The van der Waals surface area contributed by atoms with Gasteiger partial charge in [-0.05, 0) is 36.1 Å². The summed E-state index contributed by atoms with van der Waals surface area (Å²) < 4.78 is 16.3. The van der Waals surface area contributed by atoms with Gasteiger partial charge >= 0.3 is 5.97 Å². The van der Waals surface area contributed by atoms with Gasteiger partial charge < -0.3 is 23.9 Å². The van der Waals surface area contributed by atoms with E-state index in [0.29, 0.717) is 47.0 Å². The number of aliphatic carboxylic acids is 1. The second-order valence-electron chi connectivity index (χ2n) is 8.06. The highest BCUT2D eigenvalue weighted by molar-refractivity contribution is 5.76. The van der Waals surface area contributed by atoms with E-state index in [2.05, 4.69) is 15.0 Å². The molecule has 4 rings (SSSR count). The number of aryl methyl sites for hydroxylation is 1. The summed E-state index contributed by atoms with van der Waals surface area (Å²) in [4.78, 5) is 18.9. The van der Waals surface area contributed by atoms with E-state index in [1.165, 1.54) is 26.4 Å². The maximum Gasteiger partial charge on any atom is 0.307 e. The zero-order valence-corrected chi connectivity index (χ0v) is 19.5. The minimum Gasteiger partial charge on any atom is -0.493 e. The molecule has 178 valence electrons. The number of carboxylic acids is 1. The largest absolute Gasteiger partial charge is 0.493 e. The van der Waals surface area contributed by atoms with E-state index in [9.17, 15) is 9.90 Å². The van der Waals surface area contributed by atoms with Crippen LogP contribution in [0.4, 0.5) is 0 Å². The number of carbonyl (C=O) groups is 1. The highest BCUT2D eigenvalue weighted by Gasteiger charge is 2.19. The second-order valence-corrected chi connectivity index (χ2v) is 8.06. The first-order valence-electron chi connectivity index (χ1n) is 11.3. The van der Waals surface area contributed by atoms with Crippen molar-refractivity contribution >= 4 is 5.97 Å². The molecule has 0 radical (unpaired) electrons. The van der Waals surface area contributed by atoms with Crippen LogP contribution in [0.25, 0.3) is 16.2 Å². The minimum absolute atomic E-state index is 0.200. The molecule has 1 heterocycles. The number of aromatic nitrogens is 2. The summed E-state index contributed by atoms with van der Waals surface area (Å²) in [6.07, 6.45) is 6.04. The number of benzene rings is 2. The van der Waals surface area contributed by atoms with E-state index in [-0.39, 0.29) is 6.42 Å². The molecule has 3 aromatic rings. The van der Waals surface area contributed by atoms with Gasteiger partial charge in [0.05, 0.1) is 13.5 Å². The van der Waals surface area contributed by atoms with Crippen molar-refractivity contribution in [1.82, 2.24) is 10.1 Å². The van der Waals surface area contributed by atoms with E-state index >= 15 is 0 Å². The average Bonchev–Trinajstić information content (AvgIpc) is 3.30. The van der Waals surface area contributed by atoms with Crippen molar-refractivity contribution in [2.75, 3.05) is 7.11 Å². The standard InChI is InChI=1S/C19H18N2O5.C7H11N/c1-12-20-19(21-26-12)15-10-16(24-2)17(8-14(15)9-18(22)23)25-11-13-6-4-3-5-7-13;1-8-7-5-3-2-4-6-7/h3-8,10H,9,11H2,1-2H3,(H,22,23);7H,2-6H2. The molecule has 0 unspecified atom stereocenters. The highest BCUT2D eigenvalue weighted by atomic mass is 16.5.